The van der Waals surface area contributed by atoms with E-state index >= 15 is 0 Å². The van der Waals surface area contributed by atoms with Gasteiger partial charge >= 0.3 is 0 Å². The molecule has 20 heavy (non-hydrogen) atoms. The van der Waals surface area contributed by atoms with Crippen molar-refractivity contribution in [2.24, 2.45) is 0 Å². The molecule has 0 saturated heterocycles. The number of thiophene rings is 1. The first kappa shape index (κ1) is 15.2. The van der Waals surface area contributed by atoms with Crippen molar-refractivity contribution in [2.45, 2.75) is 12.7 Å². The average Bonchev–Trinajstić information content (AvgIpc) is 2.78. The molecule has 0 radical (unpaired) electrons. The van der Waals surface area contributed by atoms with Crippen molar-refractivity contribution in [3.05, 3.63) is 56.7 Å². The second-order valence-electron chi connectivity index (χ2n) is 4.49. The minimum atomic E-state index is -3.48. The summed E-state index contributed by atoms with van der Waals surface area (Å²) in [5.74, 6) is -1.02. The Bertz CT molecular complexity index is 732. The Morgan fingerprint density at radius 3 is 2.50 bits per heavy atom. The van der Waals surface area contributed by atoms with E-state index in [0.717, 1.165) is 22.5 Å². The van der Waals surface area contributed by atoms with Gasteiger partial charge in [0.25, 0.3) is 0 Å². The van der Waals surface area contributed by atoms with Crippen molar-refractivity contribution < 1.29 is 13.2 Å². The SMILES string of the molecule is Cc1ccccc1CS(=O)(=O)CC(=O)c1ccc(Cl)s1. The van der Waals surface area contributed by atoms with E-state index in [4.69, 9.17) is 11.6 Å². The number of aryl methyl sites for hydroxylation is 1. The normalized spacial score (nSPS) is 11.5. The van der Waals surface area contributed by atoms with Crippen molar-refractivity contribution in [1.82, 2.24) is 0 Å². The fourth-order valence-electron chi connectivity index (χ4n) is 1.80. The summed E-state index contributed by atoms with van der Waals surface area (Å²) < 4.78 is 24.7. The molecule has 2 rings (SSSR count). The van der Waals surface area contributed by atoms with Gasteiger partial charge in [-0.15, -0.1) is 11.3 Å². The number of Topliss-reactive ketones (excluding diaryl/α,β-unsaturated/α-hetero) is 1. The Morgan fingerprint density at radius 2 is 1.90 bits per heavy atom. The van der Waals surface area contributed by atoms with Gasteiger partial charge < -0.3 is 0 Å². The lowest BCUT2D eigenvalue weighted by atomic mass is 10.1. The first-order valence-corrected chi connectivity index (χ1v) is 8.92. The molecule has 2 aromatic rings. The van der Waals surface area contributed by atoms with E-state index in [1.54, 1.807) is 24.3 Å². The van der Waals surface area contributed by atoms with Gasteiger partial charge in [-0.05, 0) is 30.2 Å². The summed E-state index contributed by atoms with van der Waals surface area (Å²) >= 11 is 6.84. The standard InChI is InChI=1S/C14H13ClO3S2/c1-10-4-2-3-5-11(10)8-20(17,18)9-12(16)13-6-7-14(15)19-13/h2-7H,8-9H2,1H3. The Morgan fingerprint density at radius 1 is 1.20 bits per heavy atom. The zero-order valence-electron chi connectivity index (χ0n) is 10.8. The number of benzene rings is 1. The van der Waals surface area contributed by atoms with Gasteiger partial charge in [-0.2, -0.15) is 0 Å². The third-order valence-corrected chi connectivity index (χ3v) is 5.56. The van der Waals surface area contributed by atoms with Crippen LogP contribution in [0.25, 0.3) is 0 Å². The maximum absolute atomic E-state index is 12.1. The molecule has 0 fully saturated rings. The monoisotopic (exact) mass is 328 g/mol. The van der Waals surface area contributed by atoms with Gasteiger partial charge in [-0.1, -0.05) is 35.9 Å². The summed E-state index contributed by atoms with van der Waals surface area (Å²) in [5.41, 5.74) is 1.63. The first-order valence-electron chi connectivity index (χ1n) is 5.91. The summed E-state index contributed by atoms with van der Waals surface area (Å²) in [7, 11) is -3.48. The van der Waals surface area contributed by atoms with E-state index in [2.05, 4.69) is 0 Å². The Balaban J connectivity index is 2.12. The van der Waals surface area contributed by atoms with Gasteiger partial charge in [-0.25, -0.2) is 8.42 Å². The second kappa shape index (κ2) is 6.08. The predicted octanol–water partition coefficient (Wildman–Crippen LogP) is 3.51. The van der Waals surface area contributed by atoms with E-state index in [1.165, 1.54) is 0 Å². The Kier molecular flexibility index (Phi) is 4.62. The van der Waals surface area contributed by atoms with E-state index in [9.17, 15) is 13.2 Å². The second-order valence-corrected chi connectivity index (χ2v) is 8.27. The van der Waals surface area contributed by atoms with E-state index < -0.39 is 21.4 Å². The van der Waals surface area contributed by atoms with E-state index in [0.29, 0.717) is 9.21 Å². The average molecular weight is 329 g/mol. The van der Waals surface area contributed by atoms with Gasteiger partial charge in [0.2, 0.25) is 0 Å². The quantitative estimate of drug-likeness (QED) is 0.789. The minimum Gasteiger partial charge on any atom is -0.292 e. The molecule has 0 aliphatic rings. The summed E-state index contributed by atoms with van der Waals surface area (Å²) in [4.78, 5) is 12.3. The predicted molar refractivity (Wildman–Crippen MR) is 82.3 cm³/mol. The first-order chi connectivity index (χ1) is 9.37. The van der Waals surface area contributed by atoms with Crippen LogP contribution in [0.1, 0.15) is 20.8 Å². The molecule has 0 amide bonds. The molecular formula is C14H13ClO3S2. The van der Waals surface area contributed by atoms with Crippen molar-refractivity contribution >= 4 is 38.6 Å². The molecule has 106 valence electrons. The number of sulfone groups is 1. The lowest BCUT2D eigenvalue weighted by Gasteiger charge is -2.06. The maximum Gasteiger partial charge on any atom is 0.187 e. The molecule has 0 N–H and O–H groups in total. The van der Waals surface area contributed by atoms with Gasteiger partial charge in [-0.3, -0.25) is 4.79 Å². The van der Waals surface area contributed by atoms with Crippen molar-refractivity contribution in [1.29, 1.82) is 0 Å². The molecular weight excluding hydrogens is 316 g/mol. The zero-order chi connectivity index (χ0) is 14.8. The smallest absolute Gasteiger partial charge is 0.187 e. The van der Waals surface area contributed by atoms with Crippen LogP contribution in [0.2, 0.25) is 4.34 Å². The molecule has 0 bridgehead atoms. The third-order valence-electron chi connectivity index (χ3n) is 2.84. The molecule has 3 nitrogen and oxygen atoms in total. The van der Waals surface area contributed by atoms with Gasteiger partial charge in [0.1, 0.15) is 5.75 Å². The van der Waals surface area contributed by atoms with E-state index in [-0.39, 0.29) is 5.75 Å². The van der Waals surface area contributed by atoms with Crippen LogP contribution in [0.3, 0.4) is 0 Å². The number of rotatable bonds is 5. The lowest BCUT2D eigenvalue weighted by molar-refractivity contribution is 0.102. The van der Waals surface area contributed by atoms with Crippen molar-refractivity contribution in [2.75, 3.05) is 5.75 Å². The number of hydrogen-bond donors (Lipinski definition) is 0. The summed E-state index contributed by atoms with van der Waals surface area (Å²) in [6.07, 6.45) is 0. The highest BCUT2D eigenvalue weighted by Crippen LogP contribution is 2.22. The summed E-state index contributed by atoms with van der Waals surface area (Å²) in [6, 6.07) is 10.4. The van der Waals surface area contributed by atoms with Crippen LogP contribution in [-0.4, -0.2) is 20.0 Å². The fraction of sp³-hybridized carbons (Fsp3) is 0.214. The van der Waals surface area contributed by atoms with Crippen LogP contribution < -0.4 is 0 Å². The van der Waals surface area contributed by atoms with Crippen LogP contribution in [0.5, 0.6) is 0 Å². The molecule has 1 aromatic carbocycles. The van der Waals surface area contributed by atoms with Crippen LogP contribution in [0.4, 0.5) is 0 Å². The molecule has 0 saturated carbocycles. The number of carbonyl (C=O) groups excluding carboxylic acids is 1. The maximum atomic E-state index is 12.1. The van der Waals surface area contributed by atoms with Crippen LogP contribution >= 0.6 is 22.9 Å². The molecule has 6 heteroatoms. The largest absolute Gasteiger partial charge is 0.292 e. The number of hydrogen-bond acceptors (Lipinski definition) is 4. The molecule has 0 spiro atoms. The molecule has 1 heterocycles. The highest BCUT2D eigenvalue weighted by molar-refractivity contribution is 7.91. The Labute approximate surface area is 127 Å². The van der Waals surface area contributed by atoms with Crippen LogP contribution in [-0.2, 0) is 15.6 Å². The molecule has 1 aromatic heterocycles. The van der Waals surface area contributed by atoms with E-state index in [1.807, 2.05) is 19.1 Å². The molecule has 0 aliphatic carbocycles. The number of halogens is 1. The summed E-state index contributed by atoms with van der Waals surface area (Å²) in [6.45, 7) is 1.85. The minimum absolute atomic E-state index is 0.121. The summed E-state index contributed by atoms with van der Waals surface area (Å²) in [5, 5.41) is 0. The van der Waals surface area contributed by atoms with Crippen LogP contribution in [0.15, 0.2) is 36.4 Å². The topological polar surface area (TPSA) is 51.2 Å². The van der Waals surface area contributed by atoms with Crippen molar-refractivity contribution in [3.63, 3.8) is 0 Å². The zero-order valence-corrected chi connectivity index (χ0v) is 13.2. The molecule has 0 unspecified atom stereocenters. The van der Waals surface area contributed by atoms with Crippen molar-refractivity contribution in [3.8, 4) is 0 Å². The van der Waals surface area contributed by atoms with Gasteiger partial charge in [0.05, 0.1) is 15.0 Å². The Hall–Kier alpha value is -1.17. The van der Waals surface area contributed by atoms with Gasteiger partial charge in [0.15, 0.2) is 15.6 Å². The highest BCUT2D eigenvalue weighted by Gasteiger charge is 2.20. The third kappa shape index (κ3) is 3.91. The van der Waals surface area contributed by atoms with Crippen LogP contribution in [0, 0.1) is 6.92 Å². The van der Waals surface area contributed by atoms with Gasteiger partial charge in [0, 0.05) is 0 Å². The number of carbonyl (C=O) groups is 1. The lowest BCUT2D eigenvalue weighted by Crippen LogP contribution is -2.17. The fourth-order valence-corrected chi connectivity index (χ4v) is 4.32. The highest BCUT2D eigenvalue weighted by atomic mass is 35.5. The molecule has 0 atom stereocenters. The number of ketones is 1. The molecule has 0 aliphatic heterocycles.